The van der Waals surface area contributed by atoms with E-state index >= 15 is 0 Å². The quantitative estimate of drug-likeness (QED) is 0.292. The smallest absolute Gasteiger partial charge is 0.308 e. The number of carboxylic acid groups (broad SMARTS) is 1. The van der Waals surface area contributed by atoms with E-state index in [0.717, 1.165) is 26.4 Å². The number of rotatable bonds is 9. The highest BCUT2D eigenvalue weighted by molar-refractivity contribution is 7.15. The number of carbonyl (C=O) groups excluding carboxylic acids is 1. The molecule has 1 aromatic heterocycles. The maximum Gasteiger partial charge on any atom is 0.308 e. The average molecular weight is 504 g/mol. The van der Waals surface area contributed by atoms with Gasteiger partial charge in [0.1, 0.15) is 0 Å². The molecule has 0 bridgehead atoms. The minimum Gasteiger partial charge on any atom is -0.493 e. The fourth-order valence-corrected chi connectivity index (χ4v) is 4.96. The molecule has 0 atom stereocenters. The Morgan fingerprint density at radius 3 is 2.33 bits per heavy atom. The first-order valence-corrected chi connectivity index (χ1v) is 11.9. The second-order valence-electron chi connectivity index (χ2n) is 7.80. The number of amides is 1. The van der Waals surface area contributed by atoms with Crippen molar-refractivity contribution in [1.82, 2.24) is 0 Å². The third-order valence-corrected chi connectivity index (χ3v) is 6.69. The van der Waals surface area contributed by atoms with E-state index in [0.29, 0.717) is 28.5 Å². The summed E-state index contributed by atoms with van der Waals surface area (Å²) in [6.07, 6.45) is -0.0361. The number of para-hydroxylation sites is 1. The molecule has 4 rings (SSSR count). The predicted octanol–water partition coefficient (Wildman–Crippen LogP) is 5.99. The van der Waals surface area contributed by atoms with E-state index < -0.39 is 5.97 Å². The molecule has 0 aliphatic carbocycles. The molecule has 0 radical (unpaired) electrons. The minimum absolute atomic E-state index is 0.0361. The fourth-order valence-electron chi connectivity index (χ4n) is 3.92. The molecule has 0 saturated carbocycles. The topological polar surface area (TPSA) is 94.1 Å². The summed E-state index contributed by atoms with van der Waals surface area (Å²) in [7, 11) is 4.66. The van der Waals surface area contributed by atoms with Crippen molar-refractivity contribution in [3.05, 3.63) is 83.2 Å². The Hall–Kier alpha value is -4.30. The lowest BCUT2D eigenvalue weighted by Gasteiger charge is -2.16. The molecule has 1 heterocycles. The number of hydrogen-bond acceptors (Lipinski definition) is 6. The van der Waals surface area contributed by atoms with Crippen molar-refractivity contribution >= 4 is 28.9 Å². The van der Waals surface area contributed by atoms with Gasteiger partial charge in [0.05, 0.1) is 27.8 Å². The second kappa shape index (κ2) is 11.0. The van der Waals surface area contributed by atoms with E-state index in [4.69, 9.17) is 19.3 Å². The summed E-state index contributed by atoms with van der Waals surface area (Å²) in [6.45, 7) is 0. The molecule has 0 spiro atoms. The van der Waals surface area contributed by atoms with Crippen LogP contribution in [0.25, 0.3) is 21.6 Å². The van der Waals surface area contributed by atoms with Crippen LogP contribution in [0.15, 0.2) is 72.8 Å². The lowest BCUT2D eigenvalue weighted by Crippen LogP contribution is -2.12. The minimum atomic E-state index is -0.879. The van der Waals surface area contributed by atoms with Crippen molar-refractivity contribution in [3.8, 4) is 38.8 Å². The molecule has 2 N–H and O–H groups in total. The SMILES string of the molecule is COc1ccc(-c2cccc(C(=O)Nc3ccccc3-c3ccc(CC(=O)O)s3)c2)c(OC)c1OC. The van der Waals surface area contributed by atoms with Gasteiger partial charge in [-0.3, -0.25) is 9.59 Å². The molecular weight excluding hydrogens is 478 g/mol. The van der Waals surface area contributed by atoms with Crippen LogP contribution in [0.2, 0.25) is 0 Å². The van der Waals surface area contributed by atoms with Gasteiger partial charge in [-0.15, -0.1) is 11.3 Å². The molecule has 3 aromatic carbocycles. The molecule has 7 nitrogen and oxygen atoms in total. The predicted molar refractivity (Wildman–Crippen MR) is 141 cm³/mol. The maximum atomic E-state index is 13.2. The van der Waals surface area contributed by atoms with E-state index in [1.165, 1.54) is 11.3 Å². The highest BCUT2D eigenvalue weighted by Gasteiger charge is 2.18. The van der Waals surface area contributed by atoms with Crippen LogP contribution in [0.5, 0.6) is 17.2 Å². The van der Waals surface area contributed by atoms with Gasteiger partial charge in [-0.25, -0.2) is 0 Å². The fraction of sp³-hybridized carbons (Fsp3) is 0.143. The highest BCUT2D eigenvalue weighted by Crippen LogP contribution is 2.44. The summed E-state index contributed by atoms with van der Waals surface area (Å²) >= 11 is 1.39. The molecular formula is C28H25NO6S. The van der Waals surface area contributed by atoms with Gasteiger partial charge in [-0.2, -0.15) is 0 Å². The summed E-state index contributed by atoms with van der Waals surface area (Å²) in [4.78, 5) is 25.9. The van der Waals surface area contributed by atoms with Crippen molar-refractivity contribution in [2.75, 3.05) is 26.6 Å². The van der Waals surface area contributed by atoms with Crippen LogP contribution >= 0.6 is 11.3 Å². The molecule has 1 amide bonds. The molecule has 0 saturated heterocycles. The van der Waals surface area contributed by atoms with Crippen molar-refractivity contribution < 1.29 is 28.9 Å². The van der Waals surface area contributed by atoms with E-state index in [1.54, 1.807) is 45.6 Å². The van der Waals surface area contributed by atoms with E-state index in [9.17, 15) is 9.59 Å². The molecule has 4 aromatic rings. The molecule has 8 heteroatoms. The Morgan fingerprint density at radius 2 is 1.61 bits per heavy atom. The van der Waals surface area contributed by atoms with Crippen LogP contribution in [0.1, 0.15) is 15.2 Å². The van der Waals surface area contributed by atoms with Crippen LogP contribution in [-0.2, 0) is 11.2 Å². The highest BCUT2D eigenvalue weighted by atomic mass is 32.1. The summed E-state index contributed by atoms with van der Waals surface area (Å²) in [5.41, 5.74) is 3.47. The Morgan fingerprint density at radius 1 is 0.833 bits per heavy atom. The summed E-state index contributed by atoms with van der Waals surface area (Å²) < 4.78 is 16.5. The van der Waals surface area contributed by atoms with Gasteiger partial charge in [0.2, 0.25) is 5.75 Å². The van der Waals surface area contributed by atoms with E-state index in [2.05, 4.69) is 5.32 Å². The van der Waals surface area contributed by atoms with Crippen LogP contribution in [0.4, 0.5) is 5.69 Å². The summed E-state index contributed by atoms with van der Waals surface area (Å²) in [6, 6.07) is 22.0. The van der Waals surface area contributed by atoms with Gasteiger partial charge in [0.15, 0.2) is 11.5 Å². The second-order valence-corrected chi connectivity index (χ2v) is 8.97. The molecule has 0 fully saturated rings. The number of ether oxygens (including phenoxy) is 3. The Kier molecular flexibility index (Phi) is 7.56. The van der Waals surface area contributed by atoms with Crippen molar-refractivity contribution in [1.29, 1.82) is 0 Å². The Bertz CT molecular complexity index is 1410. The van der Waals surface area contributed by atoms with Gasteiger partial charge in [-0.1, -0.05) is 30.3 Å². The third-order valence-electron chi connectivity index (χ3n) is 5.57. The molecule has 36 heavy (non-hydrogen) atoms. The van der Waals surface area contributed by atoms with E-state index in [-0.39, 0.29) is 12.3 Å². The number of carbonyl (C=O) groups is 2. The number of carboxylic acids is 1. The zero-order valence-corrected chi connectivity index (χ0v) is 20.8. The summed E-state index contributed by atoms with van der Waals surface area (Å²) in [5.74, 6) is 0.375. The van der Waals surface area contributed by atoms with Crippen LogP contribution in [0, 0.1) is 0 Å². The van der Waals surface area contributed by atoms with E-state index in [1.807, 2.05) is 48.5 Å². The van der Waals surface area contributed by atoms with Gasteiger partial charge in [0.25, 0.3) is 5.91 Å². The summed E-state index contributed by atoms with van der Waals surface area (Å²) in [5, 5.41) is 12.1. The lowest BCUT2D eigenvalue weighted by atomic mass is 10.0. The van der Waals surface area contributed by atoms with Gasteiger partial charge in [0, 0.05) is 32.1 Å². The number of thiophene rings is 1. The first-order chi connectivity index (χ1) is 17.4. The molecule has 0 unspecified atom stereocenters. The third kappa shape index (κ3) is 5.18. The molecule has 184 valence electrons. The lowest BCUT2D eigenvalue weighted by molar-refractivity contribution is -0.136. The Balaban J connectivity index is 1.64. The maximum absolute atomic E-state index is 13.2. The standard InChI is InChI=1S/C28H25NO6S/c1-33-23-13-12-20(26(34-2)27(23)35-3)17-7-6-8-18(15-17)28(32)29-22-10-5-4-9-21(22)24-14-11-19(36-24)16-25(30)31/h4-15H,16H2,1-3H3,(H,29,32)(H,30,31). The zero-order chi connectivity index (χ0) is 25.7. The molecule has 0 aliphatic heterocycles. The number of aliphatic carboxylic acids is 1. The average Bonchev–Trinajstić information content (AvgIpc) is 3.35. The Labute approximate surface area is 212 Å². The number of anilines is 1. The van der Waals surface area contributed by atoms with Crippen molar-refractivity contribution in [3.63, 3.8) is 0 Å². The van der Waals surface area contributed by atoms with Gasteiger partial charge in [-0.05, 0) is 48.0 Å². The number of nitrogens with one attached hydrogen (secondary N) is 1. The normalized spacial score (nSPS) is 10.5. The van der Waals surface area contributed by atoms with Crippen LogP contribution < -0.4 is 19.5 Å². The molecule has 0 aliphatic rings. The van der Waals surface area contributed by atoms with Crippen LogP contribution in [0.3, 0.4) is 0 Å². The van der Waals surface area contributed by atoms with Crippen molar-refractivity contribution in [2.45, 2.75) is 6.42 Å². The number of hydrogen-bond donors (Lipinski definition) is 2. The van der Waals surface area contributed by atoms with Gasteiger partial charge < -0.3 is 24.6 Å². The zero-order valence-electron chi connectivity index (χ0n) is 20.0. The monoisotopic (exact) mass is 503 g/mol. The first kappa shape index (κ1) is 24.8. The largest absolute Gasteiger partial charge is 0.493 e. The van der Waals surface area contributed by atoms with Gasteiger partial charge >= 0.3 is 5.97 Å². The number of methoxy groups -OCH3 is 3. The van der Waals surface area contributed by atoms with Crippen LogP contribution in [-0.4, -0.2) is 38.3 Å². The van der Waals surface area contributed by atoms with Crippen molar-refractivity contribution in [2.24, 2.45) is 0 Å². The first-order valence-electron chi connectivity index (χ1n) is 11.1. The number of benzene rings is 3.